The molecule has 0 fully saturated rings. The van der Waals surface area contributed by atoms with Crippen LogP contribution in [0.2, 0.25) is 0 Å². The van der Waals surface area contributed by atoms with E-state index in [0.717, 1.165) is 66.1 Å². The lowest BCUT2D eigenvalue weighted by atomic mass is 9.98. The summed E-state index contributed by atoms with van der Waals surface area (Å²) in [6, 6.07) is 27.9. The molecule has 4 aromatic carbocycles. The summed E-state index contributed by atoms with van der Waals surface area (Å²) in [6.07, 6.45) is 0.976. The highest BCUT2D eigenvalue weighted by Crippen LogP contribution is 2.45. The first-order valence-electron chi connectivity index (χ1n) is 24.5. The van der Waals surface area contributed by atoms with E-state index in [2.05, 4.69) is 56.2 Å². The lowest BCUT2D eigenvalue weighted by molar-refractivity contribution is -0.146. The molecular formula is C54H64N6O12S2. The van der Waals surface area contributed by atoms with Gasteiger partial charge in [-0.15, -0.1) is 0 Å². The number of hydrogen-bond donors (Lipinski definition) is 6. The van der Waals surface area contributed by atoms with Gasteiger partial charge < -0.3 is 50.8 Å². The number of unbranched alkanes of at least 4 members (excludes halogenated alkanes) is 2. The van der Waals surface area contributed by atoms with Gasteiger partial charge in [0.25, 0.3) is 0 Å². The molecule has 0 aromatic heterocycles. The fourth-order valence-corrected chi connectivity index (χ4v) is 11.4. The maximum atomic E-state index is 13.5. The molecule has 0 unspecified atom stereocenters. The van der Waals surface area contributed by atoms with Crippen molar-refractivity contribution in [3.8, 4) is 22.3 Å². The summed E-state index contributed by atoms with van der Waals surface area (Å²) in [7, 11) is 4.67. The zero-order valence-corrected chi connectivity index (χ0v) is 43.5. The number of carbonyl (C=O) groups is 8. The summed E-state index contributed by atoms with van der Waals surface area (Å²) >= 11 is 0. The Morgan fingerprint density at radius 3 is 1.09 bits per heavy atom. The maximum absolute atomic E-state index is 13.5. The summed E-state index contributed by atoms with van der Waals surface area (Å²) in [5.41, 5.74) is 8.89. The van der Waals surface area contributed by atoms with Gasteiger partial charge in [0.05, 0.1) is 14.2 Å². The minimum absolute atomic E-state index is 0.0112. The van der Waals surface area contributed by atoms with E-state index < -0.39 is 71.9 Å². The van der Waals surface area contributed by atoms with E-state index in [-0.39, 0.29) is 62.5 Å². The van der Waals surface area contributed by atoms with E-state index in [1.807, 2.05) is 72.8 Å². The molecule has 4 atom stereocenters. The third-order valence-electron chi connectivity index (χ3n) is 12.6. The summed E-state index contributed by atoms with van der Waals surface area (Å²) in [4.78, 5) is 102. The standard InChI is InChI=1S/C54H64N6O12S2/c1-33(61)57-47(49(63)59-45(51(65)69-3)25-13-15-27-55-53(67)71-29-43-39-21-9-5-17-35(39)36-18-6-10-22-40(36)43)31-73-74-32-48(58-34(2)62)50(64)60-46(52(66)70-4)26-14-16-28-56-54(68)72-30-44-41-23-11-7-19-37(41)38-20-8-12-24-42(38)44/h5-12,17-24,43-48H,13-16,25-32H2,1-4H3,(H,55,67)(H,56,68)(H,57,61)(H,58,62)(H,59,63)(H,60,64)/t45-,46-,47-,48-/m0/s1. The number of hydrogen-bond acceptors (Lipinski definition) is 14. The Kier molecular flexibility index (Phi) is 21.6. The van der Waals surface area contributed by atoms with Crippen molar-refractivity contribution in [2.24, 2.45) is 0 Å². The van der Waals surface area contributed by atoms with E-state index in [9.17, 15) is 38.4 Å². The second kappa shape index (κ2) is 28.4. The van der Waals surface area contributed by atoms with Crippen molar-refractivity contribution in [1.29, 1.82) is 0 Å². The van der Waals surface area contributed by atoms with E-state index in [0.29, 0.717) is 25.7 Å². The molecule has 2 aliphatic rings. The highest BCUT2D eigenvalue weighted by molar-refractivity contribution is 8.76. The number of benzene rings is 4. The molecule has 20 heteroatoms. The first-order chi connectivity index (χ1) is 35.8. The smallest absolute Gasteiger partial charge is 0.407 e. The van der Waals surface area contributed by atoms with Crippen LogP contribution in [0.4, 0.5) is 9.59 Å². The molecule has 0 heterocycles. The fourth-order valence-electron chi connectivity index (χ4n) is 9.04. The molecule has 0 radical (unpaired) electrons. The molecule has 6 amide bonds. The average molecular weight is 1050 g/mol. The molecule has 0 aliphatic heterocycles. The zero-order valence-electron chi connectivity index (χ0n) is 41.9. The van der Waals surface area contributed by atoms with Crippen LogP contribution < -0.4 is 31.9 Å². The number of fused-ring (bicyclic) bond motifs is 6. The highest BCUT2D eigenvalue weighted by Gasteiger charge is 2.32. The van der Waals surface area contributed by atoms with Crippen molar-refractivity contribution in [1.82, 2.24) is 31.9 Å². The number of amides is 6. The quantitative estimate of drug-likeness (QED) is 0.0171. The molecule has 74 heavy (non-hydrogen) atoms. The van der Waals surface area contributed by atoms with Gasteiger partial charge in [-0.2, -0.15) is 0 Å². The van der Waals surface area contributed by atoms with Crippen molar-refractivity contribution in [3.63, 3.8) is 0 Å². The summed E-state index contributed by atoms with van der Waals surface area (Å²) in [6.45, 7) is 3.34. The number of rotatable bonds is 27. The van der Waals surface area contributed by atoms with Crippen LogP contribution in [0.5, 0.6) is 0 Å². The van der Waals surface area contributed by atoms with Crippen molar-refractivity contribution < 1.29 is 57.3 Å². The third-order valence-corrected chi connectivity index (χ3v) is 15.0. The SMILES string of the molecule is COC(=O)[C@H](CCCCNC(=O)OCC1c2ccccc2-c2ccccc21)NC(=O)[C@H](CSSC[C@H](NC(C)=O)C(=O)N[C@@H](CCCCNC(=O)OCC1c2ccccc2-c2ccccc21)C(=O)OC)NC(C)=O. The second-order valence-electron chi connectivity index (χ2n) is 17.7. The number of alkyl carbamates (subject to hydrolysis) is 2. The van der Waals surface area contributed by atoms with Gasteiger partial charge in [-0.1, -0.05) is 119 Å². The van der Waals surface area contributed by atoms with E-state index >= 15 is 0 Å². The van der Waals surface area contributed by atoms with Crippen LogP contribution in [0.15, 0.2) is 97.1 Å². The minimum atomic E-state index is -1.09. The van der Waals surface area contributed by atoms with E-state index in [1.54, 1.807) is 0 Å². The Bertz CT molecular complexity index is 2370. The van der Waals surface area contributed by atoms with Crippen LogP contribution in [-0.4, -0.2) is 124 Å². The van der Waals surface area contributed by atoms with Gasteiger partial charge in [0.2, 0.25) is 23.6 Å². The van der Waals surface area contributed by atoms with Crippen LogP contribution in [0.3, 0.4) is 0 Å². The maximum Gasteiger partial charge on any atom is 0.407 e. The largest absolute Gasteiger partial charge is 0.467 e. The lowest BCUT2D eigenvalue weighted by Gasteiger charge is -2.23. The highest BCUT2D eigenvalue weighted by atomic mass is 33.1. The predicted octanol–water partition coefficient (Wildman–Crippen LogP) is 6.11. The second-order valence-corrected chi connectivity index (χ2v) is 20.3. The molecule has 394 valence electrons. The summed E-state index contributed by atoms with van der Waals surface area (Å²) < 4.78 is 21.1. The normalized spacial score (nSPS) is 13.7. The van der Waals surface area contributed by atoms with E-state index in [4.69, 9.17) is 18.9 Å². The first-order valence-corrected chi connectivity index (χ1v) is 27.0. The third kappa shape index (κ3) is 15.7. The first kappa shape index (κ1) is 56.2. The molecule has 0 bridgehead atoms. The van der Waals surface area contributed by atoms with Crippen molar-refractivity contribution >= 4 is 69.3 Å². The summed E-state index contributed by atoms with van der Waals surface area (Å²) in [5, 5.41) is 16.0. The fraction of sp³-hybridized carbons (Fsp3) is 0.407. The molecule has 0 saturated carbocycles. The van der Waals surface area contributed by atoms with Gasteiger partial charge >= 0.3 is 24.1 Å². The van der Waals surface area contributed by atoms with Crippen LogP contribution >= 0.6 is 21.6 Å². The molecule has 2 aliphatic carbocycles. The summed E-state index contributed by atoms with van der Waals surface area (Å²) in [5.74, 6) is -3.81. The van der Waals surface area contributed by atoms with Crippen molar-refractivity contribution in [3.05, 3.63) is 119 Å². The van der Waals surface area contributed by atoms with Crippen LogP contribution in [0.1, 0.15) is 86.5 Å². The van der Waals surface area contributed by atoms with Crippen molar-refractivity contribution in [2.75, 3.05) is 52.0 Å². The van der Waals surface area contributed by atoms with Gasteiger partial charge in [0, 0.05) is 50.3 Å². The van der Waals surface area contributed by atoms with Gasteiger partial charge in [0.15, 0.2) is 0 Å². The predicted molar refractivity (Wildman–Crippen MR) is 282 cm³/mol. The zero-order chi connectivity index (χ0) is 53.0. The molecule has 4 aromatic rings. The molecule has 18 nitrogen and oxygen atoms in total. The number of esters is 2. The molecule has 6 N–H and O–H groups in total. The monoisotopic (exact) mass is 1050 g/mol. The average Bonchev–Trinajstić information content (AvgIpc) is 3.90. The van der Waals surface area contributed by atoms with Gasteiger partial charge in [-0.3, -0.25) is 19.2 Å². The van der Waals surface area contributed by atoms with Gasteiger partial charge in [-0.25, -0.2) is 19.2 Å². The number of nitrogens with one attached hydrogen (secondary N) is 6. The number of methoxy groups -OCH3 is 2. The van der Waals surface area contributed by atoms with Gasteiger partial charge in [0.1, 0.15) is 37.4 Å². The Morgan fingerprint density at radius 1 is 0.459 bits per heavy atom. The van der Waals surface area contributed by atoms with Crippen LogP contribution in [0, 0.1) is 0 Å². The van der Waals surface area contributed by atoms with Crippen LogP contribution in [0.25, 0.3) is 22.3 Å². The number of ether oxygens (including phenoxy) is 4. The molecular weight excluding hydrogens is 989 g/mol. The Morgan fingerprint density at radius 2 is 0.784 bits per heavy atom. The Hall–Kier alpha value is -7.06. The van der Waals surface area contributed by atoms with Crippen LogP contribution in [-0.2, 0) is 47.7 Å². The van der Waals surface area contributed by atoms with E-state index in [1.165, 1.54) is 28.1 Å². The van der Waals surface area contributed by atoms with Crippen molar-refractivity contribution in [2.45, 2.75) is 88.4 Å². The lowest BCUT2D eigenvalue weighted by Crippen LogP contribution is -2.53. The number of carbonyl (C=O) groups excluding carboxylic acids is 8. The molecule has 6 rings (SSSR count). The Labute approximate surface area is 438 Å². The Balaban J connectivity index is 0.898. The molecule has 0 spiro atoms. The minimum Gasteiger partial charge on any atom is -0.467 e. The topological polar surface area (TPSA) is 246 Å². The molecule has 0 saturated heterocycles. The van der Waals surface area contributed by atoms with Gasteiger partial charge in [-0.05, 0) is 83.0 Å².